The standard InChI is InChI=1S/C15H24N2O2/c1-19-13-6-5-12-11-17(7-3-2-4-8-18)15(10-16)14(12)9-13/h5-6,9,15,18H,2-4,7-8,10-11,16H2,1H3. The monoisotopic (exact) mass is 264 g/mol. The van der Waals surface area contributed by atoms with Gasteiger partial charge in [-0.3, -0.25) is 4.90 Å². The maximum atomic E-state index is 8.81. The van der Waals surface area contributed by atoms with Gasteiger partial charge in [0, 0.05) is 25.7 Å². The van der Waals surface area contributed by atoms with Crippen molar-refractivity contribution < 1.29 is 9.84 Å². The van der Waals surface area contributed by atoms with Crippen LogP contribution in [0.25, 0.3) is 0 Å². The molecule has 0 spiro atoms. The van der Waals surface area contributed by atoms with Gasteiger partial charge >= 0.3 is 0 Å². The highest BCUT2D eigenvalue weighted by Gasteiger charge is 2.28. The first-order valence-electron chi connectivity index (χ1n) is 7.02. The summed E-state index contributed by atoms with van der Waals surface area (Å²) in [6.45, 7) is 2.94. The summed E-state index contributed by atoms with van der Waals surface area (Å²) < 4.78 is 5.29. The van der Waals surface area contributed by atoms with Crippen LogP contribution in [-0.4, -0.2) is 36.8 Å². The maximum absolute atomic E-state index is 8.81. The van der Waals surface area contributed by atoms with Gasteiger partial charge in [-0.2, -0.15) is 0 Å². The van der Waals surface area contributed by atoms with E-state index >= 15 is 0 Å². The van der Waals surface area contributed by atoms with E-state index in [9.17, 15) is 0 Å². The van der Waals surface area contributed by atoms with Crippen LogP contribution in [0.15, 0.2) is 18.2 Å². The number of nitrogens with zero attached hydrogens (tertiary/aromatic N) is 1. The molecule has 1 heterocycles. The zero-order chi connectivity index (χ0) is 13.7. The number of benzene rings is 1. The quantitative estimate of drug-likeness (QED) is 0.736. The molecule has 19 heavy (non-hydrogen) atoms. The fourth-order valence-electron chi connectivity index (χ4n) is 2.79. The largest absolute Gasteiger partial charge is 0.497 e. The first kappa shape index (κ1) is 14.3. The third kappa shape index (κ3) is 3.26. The predicted molar refractivity (Wildman–Crippen MR) is 76.1 cm³/mol. The maximum Gasteiger partial charge on any atom is 0.119 e. The van der Waals surface area contributed by atoms with Crippen LogP contribution < -0.4 is 10.5 Å². The van der Waals surface area contributed by atoms with Gasteiger partial charge < -0.3 is 15.6 Å². The molecule has 106 valence electrons. The van der Waals surface area contributed by atoms with Crippen molar-refractivity contribution in [3.05, 3.63) is 29.3 Å². The average Bonchev–Trinajstić information content (AvgIpc) is 2.79. The minimum atomic E-state index is 0.289. The molecule has 1 unspecified atom stereocenters. The van der Waals surface area contributed by atoms with E-state index in [2.05, 4.69) is 17.0 Å². The number of hydrogen-bond acceptors (Lipinski definition) is 4. The van der Waals surface area contributed by atoms with Crippen LogP contribution in [0.1, 0.15) is 36.4 Å². The number of nitrogens with two attached hydrogens (primary N) is 1. The summed E-state index contributed by atoms with van der Waals surface area (Å²) in [5.74, 6) is 0.902. The molecular weight excluding hydrogens is 240 g/mol. The van der Waals surface area contributed by atoms with Crippen molar-refractivity contribution in [1.82, 2.24) is 4.90 Å². The van der Waals surface area contributed by atoms with Gasteiger partial charge in [0.2, 0.25) is 0 Å². The number of methoxy groups -OCH3 is 1. The number of aliphatic hydroxyl groups excluding tert-OH is 1. The van der Waals surface area contributed by atoms with E-state index < -0.39 is 0 Å². The summed E-state index contributed by atoms with van der Waals surface area (Å²) in [4.78, 5) is 2.43. The number of aliphatic hydroxyl groups is 1. The van der Waals surface area contributed by atoms with E-state index in [4.69, 9.17) is 15.6 Å². The molecule has 1 aromatic carbocycles. The van der Waals surface area contributed by atoms with Crippen LogP contribution in [0.2, 0.25) is 0 Å². The van der Waals surface area contributed by atoms with Crippen LogP contribution in [0.3, 0.4) is 0 Å². The van der Waals surface area contributed by atoms with E-state index in [0.29, 0.717) is 12.6 Å². The van der Waals surface area contributed by atoms with Crippen molar-refractivity contribution in [3.8, 4) is 5.75 Å². The minimum absolute atomic E-state index is 0.289. The van der Waals surface area contributed by atoms with E-state index in [1.165, 1.54) is 11.1 Å². The highest BCUT2D eigenvalue weighted by Crippen LogP contribution is 2.35. The Bertz CT molecular complexity index is 409. The number of rotatable bonds is 7. The average molecular weight is 264 g/mol. The molecule has 0 fully saturated rings. The first-order chi connectivity index (χ1) is 9.30. The molecule has 4 nitrogen and oxygen atoms in total. The molecule has 0 saturated heterocycles. The molecule has 2 rings (SSSR count). The highest BCUT2D eigenvalue weighted by molar-refractivity contribution is 5.40. The van der Waals surface area contributed by atoms with Crippen molar-refractivity contribution in [2.24, 2.45) is 5.73 Å². The molecule has 3 N–H and O–H groups in total. The second-order valence-electron chi connectivity index (χ2n) is 5.07. The van der Waals surface area contributed by atoms with Gasteiger partial charge in [-0.15, -0.1) is 0 Å². The molecule has 0 bridgehead atoms. The summed E-state index contributed by atoms with van der Waals surface area (Å²) in [6, 6.07) is 6.58. The lowest BCUT2D eigenvalue weighted by atomic mass is 10.0. The third-order valence-corrected chi connectivity index (χ3v) is 3.85. The van der Waals surface area contributed by atoms with Gasteiger partial charge in [0.25, 0.3) is 0 Å². The summed E-state index contributed by atoms with van der Waals surface area (Å²) in [6.07, 6.45) is 3.08. The molecule has 0 aliphatic carbocycles. The molecule has 1 atom stereocenters. The summed E-state index contributed by atoms with van der Waals surface area (Å²) in [5.41, 5.74) is 8.61. The number of hydrogen-bond donors (Lipinski definition) is 2. The predicted octanol–water partition coefficient (Wildman–Crippen LogP) is 1.67. The van der Waals surface area contributed by atoms with Crippen molar-refractivity contribution in [1.29, 1.82) is 0 Å². The Morgan fingerprint density at radius 1 is 1.37 bits per heavy atom. The molecule has 0 amide bonds. The molecule has 1 aromatic rings. The third-order valence-electron chi connectivity index (χ3n) is 3.85. The van der Waals surface area contributed by atoms with Gasteiger partial charge in [0.15, 0.2) is 0 Å². The SMILES string of the molecule is COc1ccc2c(c1)C(CN)N(CCCCCO)C2. The summed E-state index contributed by atoms with van der Waals surface area (Å²) in [5, 5.41) is 8.81. The summed E-state index contributed by atoms with van der Waals surface area (Å²) >= 11 is 0. The molecule has 1 aliphatic rings. The molecule has 1 aliphatic heterocycles. The molecule has 0 aromatic heterocycles. The Kier molecular flexibility index (Phi) is 5.19. The van der Waals surface area contributed by atoms with E-state index in [0.717, 1.165) is 38.1 Å². The van der Waals surface area contributed by atoms with Crippen LogP contribution in [0.4, 0.5) is 0 Å². The number of unbranched alkanes of at least 4 members (excludes halogenated alkanes) is 2. The van der Waals surface area contributed by atoms with Crippen molar-refractivity contribution >= 4 is 0 Å². The van der Waals surface area contributed by atoms with Crippen LogP contribution in [0, 0.1) is 0 Å². The lowest BCUT2D eigenvalue weighted by molar-refractivity contribution is 0.210. The van der Waals surface area contributed by atoms with Crippen LogP contribution in [-0.2, 0) is 6.54 Å². The number of fused-ring (bicyclic) bond motifs is 1. The highest BCUT2D eigenvalue weighted by atomic mass is 16.5. The van der Waals surface area contributed by atoms with Gasteiger partial charge in [-0.05, 0) is 49.1 Å². The van der Waals surface area contributed by atoms with E-state index in [-0.39, 0.29) is 6.61 Å². The lowest BCUT2D eigenvalue weighted by Gasteiger charge is -2.23. The smallest absolute Gasteiger partial charge is 0.119 e. The lowest BCUT2D eigenvalue weighted by Crippen LogP contribution is -2.28. The Morgan fingerprint density at radius 3 is 2.89 bits per heavy atom. The zero-order valence-corrected chi connectivity index (χ0v) is 11.6. The Morgan fingerprint density at radius 2 is 2.21 bits per heavy atom. The Balaban J connectivity index is 2.01. The Labute approximate surface area is 115 Å². The van der Waals surface area contributed by atoms with Gasteiger partial charge in [-0.25, -0.2) is 0 Å². The second-order valence-corrected chi connectivity index (χ2v) is 5.07. The molecule has 4 heteroatoms. The topological polar surface area (TPSA) is 58.7 Å². The summed E-state index contributed by atoms with van der Waals surface area (Å²) in [7, 11) is 1.70. The fraction of sp³-hybridized carbons (Fsp3) is 0.600. The fourth-order valence-corrected chi connectivity index (χ4v) is 2.79. The van der Waals surface area contributed by atoms with Crippen molar-refractivity contribution in [2.45, 2.75) is 31.8 Å². The van der Waals surface area contributed by atoms with Crippen molar-refractivity contribution in [2.75, 3.05) is 26.8 Å². The van der Waals surface area contributed by atoms with Crippen LogP contribution in [0.5, 0.6) is 5.75 Å². The normalized spacial score (nSPS) is 18.6. The number of ether oxygens (including phenoxy) is 1. The van der Waals surface area contributed by atoms with Gasteiger partial charge in [-0.1, -0.05) is 6.07 Å². The first-order valence-corrected chi connectivity index (χ1v) is 7.02. The Hall–Kier alpha value is -1.10. The second kappa shape index (κ2) is 6.89. The minimum Gasteiger partial charge on any atom is -0.497 e. The van der Waals surface area contributed by atoms with Crippen LogP contribution >= 0.6 is 0 Å². The van der Waals surface area contributed by atoms with E-state index in [1.807, 2.05) is 6.07 Å². The molecule has 0 saturated carbocycles. The van der Waals surface area contributed by atoms with Crippen molar-refractivity contribution in [3.63, 3.8) is 0 Å². The van der Waals surface area contributed by atoms with Gasteiger partial charge in [0.05, 0.1) is 7.11 Å². The zero-order valence-electron chi connectivity index (χ0n) is 11.6. The molecular formula is C15H24N2O2. The molecule has 0 radical (unpaired) electrons. The van der Waals surface area contributed by atoms with E-state index in [1.54, 1.807) is 7.11 Å². The van der Waals surface area contributed by atoms with Gasteiger partial charge in [0.1, 0.15) is 5.75 Å².